The van der Waals surface area contributed by atoms with Crippen LogP contribution < -0.4 is 14.8 Å². The summed E-state index contributed by atoms with van der Waals surface area (Å²) >= 11 is 6.29. The van der Waals surface area contributed by atoms with Crippen molar-refractivity contribution in [2.24, 2.45) is 5.92 Å². The van der Waals surface area contributed by atoms with Crippen LogP contribution in [0.2, 0.25) is 5.02 Å². The molecule has 1 amide bonds. The van der Waals surface area contributed by atoms with Crippen molar-refractivity contribution in [2.45, 2.75) is 32.7 Å². The van der Waals surface area contributed by atoms with Crippen LogP contribution in [0.3, 0.4) is 0 Å². The maximum absolute atomic E-state index is 11.0. The highest BCUT2D eigenvalue weighted by molar-refractivity contribution is 6.32. The van der Waals surface area contributed by atoms with Crippen LogP contribution in [0, 0.1) is 5.92 Å². The number of carbonyl (C=O) groups is 1. The number of rotatable bonds is 8. The lowest BCUT2D eigenvalue weighted by molar-refractivity contribution is -0.119. The zero-order valence-corrected chi connectivity index (χ0v) is 16.2. The van der Waals surface area contributed by atoms with Crippen molar-refractivity contribution in [1.82, 2.24) is 10.3 Å². The van der Waals surface area contributed by atoms with Crippen LogP contribution in [-0.4, -0.2) is 23.5 Å². The van der Waals surface area contributed by atoms with Gasteiger partial charge in [-0.05, 0) is 49.4 Å². The summed E-state index contributed by atoms with van der Waals surface area (Å²) in [6.45, 7) is 4.14. The molecule has 27 heavy (non-hydrogen) atoms. The molecule has 2 aromatic rings. The van der Waals surface area contributed by atoms with E-state index in [0.29, 0.717) is 22.6 Å². The minimum atomic E-state index is -0.0603. The first-order valence-electron chi connectivity index (χ1n) is 9.01. The molecular weight excluding hydrogens is 364 g/mol. The van der Waals surface area contributed by atoms with Gasteiger partial charge in [-0.25, -0.2) is 4.98 Å². The number of amides is 1. The van der Waals surface area contributed by atoms with Gasteiger partial charge >= 0.3 is 0 Å². The van der Waals surface area contributed by atoms with Gasteiger partial charge < -0.3 is 14.8 Å². The minimum absolute atomic E-state index is 0.0436. The molecular formula is C21H23ClN2O3. The molecule has 142 valence electrons. The van der Waals surface area contributed by atoms with Crippen LogP contribution in [-0.2, 0) is 4.79 Å². The van der Waals surface area contributed by atoms with Gasteiger partial charge in [-0.3, -0.25) is 4.79 Å². The largest absolute Gasteiger partial charge is 0.493 e. The lowest BCUT2D eigenvalue weighted by atomic mass is 10.2. The second-order valence-electron chi connectivity index (χ2n) is 6.73. The van der Waals surface area contributed by atoms with Crippen LogP contribution >= 0.6 is 11.6 Å². The van der Waals surface area contributed by atoms with Gasteiger partial charge in [0.05, 0.1) is 11.6 Å². The van der Waals surface area contributed by atoms with Gasteiger partial charge in [0.1, 0.15) is 11.5 Å². The van der Waals surface area contributed by atoms with E-state index in [4.69, 9.17) is 21.1 Å². The minimum Gasteiger partial charge on any atom is -0.493 e. The molecule has 0 radical (unpaired) electrons. The van der Waals surface area contributed by atoms with Gasteiger partial charge in [0.25, 0.3) is 0 Å². The molecule has 1 aromatic heterocycles. The average molecular weight is 387 g/mol. The maximum atomic E-state index is 11.0. The standard InChI is InChI=1S/C21H23ClN2O3/c1-14(24-15(2)25)3-4-16-7-10-21(23-12-16)27-20-9-8-18(11-19(20)22)26-13-17-5-6-17/h3-4,7-12,14,17H,5-6,13H2,1-2H3,(H,24,25)/b4-3+/t14-/m0/s1. The molecule has 0 unspecified atom stereocenters. The predicted molar refractivity (Wildman–Crippen MR) is 106 cm³/mol. The van der Waals surface area contributed by atoms with Gasteiger partial charge in [-0.2, -0.15) is 0 Å². The van der Waals surface area contributed by atoms with Crippen molar-refractivity contribution >= 4 is 23.6 Å². The van der Waals surface area contributed by atoms with E-state index in [-0.39, 0.29) is 11.9 Å². The van der Waals surface area contributed by atoms with Crippen molar-refractivity contribution in [3.8, 4) is 17.4 Å². The summed E-state index contributed by atoms with van der Waals surface area (Å²) in [6.07, 6.45) is 8.00. The first-order chi connectivity index (χ1) is 13.0. The summed E-state index contributed by atoms with van der Waals surface area (Å²) in [6, 6.07) is 9.02. The van der Waals surface area contributed by atoms with E-state index in [1.54, 1.807) is 24.4 Å². The van der Waals surface area contributed by atoms with Crippen molar-refractivity contribution in [1.29, 1.82) is 0 Å². The van der Waals surface area contributed by atoms with Crippen molar-refractivity contribution < 1.29 is 14.3 Å². The third kappa shape index (κ3) is 6.29. The Kier molecular flexibility index (Phi) is 6.35. The number of nitrogens with zero attached hydrogens (tertiary/aromatic N) is 1. The molecule has 1 heterocycles. The first-order valence-corrected chi connectivity index (χ1v) is 9.39. The quantitative estimate of drug-likeness (QED) is 0.704. The van der Waals surface area contributed by atoms with E-state index in [0.717, 1.165) is 17.9 Å². The van der Waals surface area contributed by atoms with Gasteiger partial charge in [0.2, 0.25) is 11.8 Å². The van der Waals surface area contributed by atoms with E-state index >= 15 is 0 Å². The van der Waals surface area contributed by atoms with Crippen molar-refractivity contribution in [3.63, 3.8) is 0 Å². The zero-order chi connectivity index (χ0) is 19.2. The predicted octanol–water partition coefficient (Wildman–Crippen LogP) is 4.85. The number of hydrogen-bond acceptors (Lipinski definition) is 4. The molecule has 1 aliphatic rings. The molecule has 1 fully saturated rings. The van der Waals surface area contributed by atoms with E-state index in [1.165, 1.54) is 19.8 Å². The Morgan fingerprint density at radius 2 is 2.19 bits per heavy atom. The molecule has 3 rings (SSSR count). The summed E-state index contributed by atoms with van der Waals surface area (Å²) in [4.78, 5) is 15.3. The lowest BCUT2D eigenvalue weighted by Gasteiger charge is -2.10. The lowest BCUT2D eigenvalue weighted by Crippen LogP contribution is -2.28. The van der Waals surface area contributed by atoms with Crippen molar-refractivity contribution in [3.05, 3.63) is 53.2 Å². The van der Waals surface area contributed by atoms with Crippen LogP contribution in [0.25, 0.3) is 6.08 Å². The van der Waals surface area contributed by atoms with Crippen LogP contribution in [0.15, 0.2) is 42.6 Å². The number of hydrogen-bond donors (Lipinski definition) is 1. The Bertz CT molecular complexity index is 817. The van der Waals surface area contributed by atoms with Gasteiger partial charge in [-0.1, -0.05) is 23.8 Å². The number of pyridine rings is 1. The molecule has 1 aliphatic carbocycles. The third-order valence-electron chi connectivity index (χ3n) is 4.07. The summed E-state index contributed by atoms with van der Waals surface area (Å²) in [5.41, 5.74) is 0.912. The van der Waals surface area contributed by atoms with Crippen LogP contribution in [0.4, 0.5) is 0 Å². The Morgan fingerprint density at radius 1 is 1.37 bits per heavy atom. The monoisotopic (exact) mass is 386 g/mol. The zero-order valence-electron chi connectivity index (χ0n) is 15.4. The number of aromatic nitrogens is 1. The first kappa shape index (κ1) is 19.2. The molecule has 5 nitrogen and oxygen atoms in total. The highest BCUT2D eigenvalue weighted by Gasteiger charge is 2.22. The summed E-state index contributed by atoms with van der Waals surface area (Å²) < 4.78 is 11.5. The van der Waals surface area contributed by atoms with Crippen LogP contribution in [0.1, 0.15) is 32.3 Å². The fourth-order valence-electron chi connectivity index (χ4n) is 2.44. The Labute approximate surface area is 164 Å². The Hall–Kier alpha value is -2.53. The number of halogens is 1. The van der Waals surface area contributed by atoms with E-state index < -0.39 is 0 Å². The van der Waals surface area contributed by atoms with Gasteiger partial charge in [-0.15, -0.1) is 0 Å². The second kappa shape index (κ2) is 8.91. The van der Waals surface area contributed by atoms with Crippen molar-refractivity contribution in [2.75, 3.05) is 6.61 Å². The molecule has 6 heteroatoms. The molecule has 1 saturated carbocycles. The van der Waals surface area contributed by atoms with E-state index in [2.05, 4.69) is 10.3 Å². The van der Waals surface area contributed by atoms with Gasteiger partial charge in [0, 0.05) is 31.3 Å². The number of carbonyl (C=O) groups excluding carboxylic acids is 1. The molecule has 1 atom stereocenters. The summed E-state index contributed by atoms with van der Waals surface area (Å²) in [5.74, 6) is 2.37. The highest BCUT2D eigenvalue weighted by Crippen LogP contribution is 2.34. The number of nitrogens with one attached hydrogen (secondary N) is 1. The Balaban J connectivity index is 1.57. The smallest absolute Gasteiger partial charge is 0.219 e. The number of ether oxygens (including phenoxy) is 2. The molecule has 1 aromatic carbocycles. The van der Waals surface area contributed by atoms with Gasteiger partial charge in [0.15, 0.2) is 0 Å². The molecule has 0 aliphatic heterocycles. The molecule has 0 saturated heterocycles. The normalized spacial score (nSPS) is 14.8. The SMILES string of the molecule is CC(=O)N[C@@H](C)/C=C/c1ccc(Oc2ccc(OCC3CC3)cc2Cl)nc1. The average Bonchev–Trinajstić information content (AvgIpc) is 3.45. The molecule has 0 spiro atoms. The molecule has 1 N–H and O–H groups in total. The second-order valence-corrected chi connectivity index (χ2v) is 7.13. The van der Waals surface area contributed by atoms with Crippen LogP contribution in [0.5, 0.6) is 17.4 Å². The fourth-order valence-corrected chi connectivity index (χ4v) is 2.65. The number of benzene rings is 1. The fraction of sp³-hybridized carbons (Fsp3) is 0.333. The summed E-state index contributed by atoms with van der Waals surface area (Å²) in [5, 5.41) is 3.28. The van der Waals surface area contributed by atoms with E-state index in [9.17, 15) is 4.79 Å². The topological polar surface area (TPSA) is 60.5 Å². The van der Waals surface area contributed by atoms with E-state index in [1.807, 2.05) is 31.2 Å². The summed E-state index contributed by atoms with van der Waals surface area (Å²) in [7, 11) is 0. The molecule has 0 bridgehead atoms. The third-order valence-corrected chi connectivity index (χ3v) is 4.36. The Morgan fingerprint density at radius 3 is 2.81 bits per heavy atom. The highest BCUT2D eigenvalue weighted by atomic mass is 35.5. The maximum Gasteiger partial charge on any atom is 0.219 e.